The maximum atomic E-state index is 12.0. The number of rotatable bonds is 2. The third-order valence-corrected chi connectivity index (χ3v) is 3.07. The molecule has 96 valence electrons. The summed E-state index contributed by atoms with van der Waals surface area (Å²) in [6, 6.07) is 10.2. The van der Waals surface area contributed by atoms with Gasteiger partial charge in [0.25, 0.3) is 0 Å². The maximum Gasteiger partial charge on any atom is 0.248 e. The van der Waals surface area contributed by atoms with E-state index in [2.05, 4.69) is 15.6 Å². The van der Waals surface area contributed by atoms with Gasteiger partial charge in [-0.25, -0.2) is 4.98 Å². The van der Waals surface area contributed by atoms with E-state index in [9.17, 15) is 9.90 Å². The number of aromatic hydroxyl groups is 1. The molecule has 0 bridgehead atoms. The van der Waals surface area contributed by atoms with Crippen LogP contribution in [0.5, 0.6) is 5.75 Å². The minimum absolute atomic E-state index is 0.0979. The highest BCUT2D eigenvalue weighted by molar-refractivity contribution is 6.01. The molecule has 0 fully saturated rings. The average molecular weight is 255 g/mol. The normalized spacial score (nSPS) is 17.3. The summed E-state index contributed by atoms with van der Waals surface area (Å²) in [6.07, 6.45) is 2.20. The van der Waals surface area contributed by atoms with Gasteiger partial charge >= 0.3 is 0 Å². The number of carbonyl (C=O) groups excluding carboxylic acids is 1. The zero-order valence-electron chi connectivity index (χ0n) is 10.1. The van der Waals surface area contributed by atoms with Crippen LogP contribution in [0.2, 0.25) is 0 Å². The molecule has 1 aromatic heterocycles. The molecule has 1 aliphatic heterocycles. The maximum absolute atomic E-state index is 12.0. The molecule has 1 amide bonds. The number of hydrogen-bond acceptors (Lipinski definition) is 4. The fraction of sp³-hybridized carbons (Fsp3) is 0.143. The standard InChI is InChI=1S/C14H13N3O2/c18-10-5-3-9(4-6-10)8-12-14(19)17-13-11(16-12)2-1-7-15-13/h1-7,12,16,18H,8H2,(H,15,17,19)/t12-/m1/s1. The smallest absolute Gasteiger partial charge is 0.248 e. The Labute approximate surface area is 110 Å². The second-order valence-electron chi connectivity index (χ2n) is 4.46. The van der Waals surface area contributed by atoms with E-state index in [0.29, 0.717) is 12.2 Å². The van der Waals surface area contributed by atoms with Crippen LogP contribution in [0.15, 0.2) is 42.6 Å². The van der Waals surface area contributed by atoms with Crippen LogP contribution in [0.25, 0.3) is 0 Å². The van der Waals surface area contributed by atoms with Gasteiger partial charge in [-0.15, -0.1) is 0 Å². The van der Waals surface area contributed by atoms with Gasteiger partial charge in [0.1, 0.15) is 11.8 Å². The lowest BCUT2D eigenvalue weighted by Crippen LogP contribution is -2.40. The number of hydrogen-bond donors (Lipinski definition) is 3. The number of aromatic nitrogens is 1. The van der Waals surface area contributed by atoms with Gasteiger partial charge in [0.05, 0.1) is 5.69 Å². The first-order valence-corrected chi connectivity index (χ1v) is 6.03. The van der Waals surface area contributed by atoms with E-state index in [0.717, 1.165) is 11.3 Å². The largest absolute Gasteiger partial charge is 0.508 e. The molecule has 0 spiro atoms. The molecule has 0 aliphatic carbocycles. The molecule has 5 heteroatoms. The predicted octanol–water partition coefficient (Wildman–Crippen LogP) is 1.76. The number of nitrogens with zero attached hydrogens (tertiary/aromatic N) is 1. The number of phenols is 1. The van der Waals surface area contributed by atoms with Crippen molar-refractivity contribution in [1.82, 2.24) is 4.98 Å². The molecular weight excluding hydrogens is 242 g/mol. The van der Waals surface area contributed by atoms with Gasteiger partial charge in [-0.05, 0) is 29.8 Å². The highest BCUT2D eigenvalue weighted by Crippen LogP contribution is 2.24. The summed E-state index contributed by atoms with van der Waals surface area (Å²) < 4.78 is 0. The van der Waals surface area contributed by atoms with Gasteiger partial charge < -0.3 is 15.7 Å². The van der Waals surface area contributed by atoms with E-state index >= 15 is 0 Å². The lowest BCUT2D eigenvalue weighted by molar-refractivity contribution is -0.117. The van der Waals surface area contributed by atoms with Crippen LogP contribution >= 0.6 is 0 Å². The van der Waals surface area contributed by atoms with Crippen LogP contribution in [-0.4, -0.2) is 22.0 Å². The zero-order valence-corrected chi connectivity index (χ0v) is 10.1. The molecule has 3 N–H and O–H groups in total. The van der Waals surface area contributed by atoms with Gasteiger partial charge in [-0.2, -0.15) is 0 Å². The van der Waals surface area contributed by atoms with E-state index in [-0.39, 0.29) is 17.7 Å². The van der Waals surface area contributed by atoms with Crippen LogP contribution in [0, 0.1) is 0 Å². The molecule has 2 aromatic rings. The van der Waals surface area contributed by atoms with Gasteiger partial charge in [0.15, 0.2) is 5.82 Å². The Balaban J connectivity index is 1.79. The Kier molecular flexibility index (Phi) is 2.79. The number of amides is 1. The van der Waals surface area contributed by atoms with Crippen molar-refractivity contribution in [2.75, 3.05) is 10.6 Å². The number of fused-ring (bicyclic) bond motifs is 1. The van der Waals surface area contributed by atoms with Crippen molar-refractivity contribution < 1.29 is 9.90 Å². The first kappa shape index (κ1) is 11.5. The molecule has 1 aliphatic rings. The second-order valence-corrected chi connectivity index (χ2v) is 4.46. The van der Waals surface area contributed by atoms with Crippen LogP contribution in [0.3, 0.4) is 0 Å². The minimum atomic E-state index is -0.332. The Morgan fingerprint density at radius 1 is 1.21 bits per heavy atom. The molecule has 0 radical (unpaired) electrons. The van der Waals surface area contributed by atoms with E-state index in [4.69, 9.17) is 0 Å². The number of anilines is 2. The third-order valence-electron chi connectivity index (χ3n) is 3.07. The summed E-state index contributed by atoms with van der Waals surface area (Å²) in [6.45, 7) is 0. The zero-order chi connectivity index (χ0) is 13.2. The number of carbonyl (C=O) groups is 1. The highest BCUT2D eigenvalue weighted by atomic mass is 16.3. The van der Waals surface area contributed by atoms with Crippen LogP contribution < -0.4 is 10.6 Å². The first-order valence-electron chi connectivity index (χ1n) is 6.03. The van der Waals surface area contributed by atoms with Gasteiger partial charge in [-0.3, -0.25) is 4.79 Å². The van der Waals surface area contributed by atoms with Crippen molar-refractivity contribution in [3.05, 3.63) is 48.2 Å². The first-order chi connectivity index (χ1) is 9.22. The van der Waals surface area contributed by atoms with Crippen LogP contribution in [-0.2, 0) is 11.2 Å². The topological polar surface area (TPSA) is 74.2 Å². The number of benzene rings is 1. The second kappa shape index (κ2) is 4.61. The quantitative estimate of drug-likeness (QED) is 0.764. The molecule has 1 aromatic carbocycles. The van der Waals surface area contributed by atoms with Crippen molar-refractivity contribution in [1.29, 1.82) is 0 Å². The minimum Gasteiger partial charge on any atom is -0.508 e. The Morgan fingerprint density at radius 2 is 2.00 bits per heavy atom. The van der Waals surface area contributed by atoms with E-state index in [1.54, 1.807) is 18.3 Å². The lowest BCUT2D eigenvalue weighted by Gasteiger charge is -2.25. The van der Waals surface area contributed by atoms with Gasteiger partial charge in [0, 0.05) is 12.6 Å². The van der Waals surface area contributed by atoms with E-state index in [1.807, 2.05) is 24.3 Å². The summed E-state index contributed by atoms with van der Waals surface area (Å²) in [7, 11) is 0. The summed E-state index contributed by atoms with van der Waals surface area (Å²) in [5.74, 6) is 0.688. The summed E-state index contributed by atoms with van der Waals surface area (Å²) in [5, 5.41) is 15.2. The summed E-state index contributed by atoms with van der Waals surface area (Å²) in [4.78, 5) is 16.1. The molecule has 0 unspecified atom stereocenters. The fourth-order valence-corrected chi connectivity index (χ4v) is 2.09. The predicted molar refractivity (Wildman–Crippen MR) is 72.1 cm³/mol. The molecule has 1 atom stereocenters. The molecule has 5 nitrogen and oxygen atoms in total. The fourth-order valence-electron chi connectivity index (χ4n) is 2.09. The van der Waals surface area contributed by atoms with E-state index < -0.39 is 0 Å². The van der Waals surface area contributed by atoms with Crippen molar-refractivity contribution in [3.63, 3.8) is 0 Å². The molecule has 3 rings (SSSR count). The molecule has 0 saturated heterocycles. The summed E-state index contributed by atoms with van der Waals surface area (Å²) in [5.41, 5.74) is 1.81. The van der Waals surface area contributed by atoms with Crippen molar-refractivity contribution in [2.45, 2.75) is 12.5 Å². The number of pyridine rings is 1. The number of phenolic OH excluding ortho intramolecular Hbond substituents is 1. The molecule has 0 saturated carbocycles. The molecule has 19 heavy (non-hydrogen) atoms. The van der Waals surface area contributed by atoms with Crippen molar-refractivity contribution in [3.8, 4) is 5.75 Å². The van der Waals surface area contributed by atoms with Crippen LogP contribution in [0.4, 0.5) is 11.5 Å². The van der Waals surface area contributed by atoms with E-state index in [1.165, 1.54) is 0 Å². The molecule has 2 heterocycles. The van der Waals surface area contributed by atoms with Gasteiger partial charge in [-0.1, -0.05) is 12.1 Å². The monoisotopic (exact) mass is 255 g/mol. The van der Waals surface area contributed by atoms with Crippen molar-refractivity contribution in [2.24, 2.45) is 0 Å². The summed E-state index contributed by atoms with van der Waals surface area (Å²) >= 11 is 0. The SMILES string of the molecule is O=C1Nc2ncccc2N[C@@H]1Cc1ccc(O)cc1. The average Bonchev–Trinajstić information content (AvgIpc) is 2.42. The number of nitrogens with one attached hydrogen (secondary N) is 2. The van der Waals surface area contributed by atoms with Crippen molar-refractivity contribution >= 4 is 17.4 Å². The Morgan fingerprint density at radius 3 is 2.79 bits per heavy atom. The Hall–Kier alpha value is -2.56. The molecular formula is C14H13N3O2. The lowest BCUT2D eigenvalue weighted by atomic mass is 10.0. The highest BCUT2D eigenvalue weighted by Gasteiger charge is 2.25. The Bertz CT molecular complexity index is 610. The van der Waals surface area contributed by atoms with Crippen LogP contribution in [0.1, 0.15) is 5.56 Å². The third kappa shape index (κ3) is 2.35. The van der Waals surface area contributed by atoms with Gasteiger partial charge in [0.2, 0.25) is 5.91 Å².